The van der Waals surface area contributed by atoms with Gasteiger partial charge in [0.2, 0.25) is 0 Å². The van der Waals surface area contributed by atoms with Crippen LogP contribution >= 0.6 is 0 Å². The van der Waals surface area contributed by atoms with Gasteiger partial charge in [0, 0.05) is 0 Å². The average molecular weight is 315 g/mol. The standard InChI is InChI=1S/C17H17NO3S/c1-14-4-10-17(11-5-14)22(19,20)21-12-2-3-15-6-8-16(13-18)9-7-15/h4-11H,2-3,12H2,1H3. The zero-order valence-electron chi connectivity index (χ0n) is 12.3. The number of hydrogen-bond acceptors (Lipinski definition) is 4. The molecule has 2 aromatic rings. The summed E-state index contributed by atoms with van der Waals surface area (Å²) in [4.78, 5) is 0.177. The first-order valence-electron chi connectivity index (χ1n) is 6.96. The van der Waals surface area contributed by atoms with Gasteiger partial charge in [-0.15, -0.1) is 0 Å². The molecule has 0 aliphatic heterocycles. The lowest BCUT2D eigenvalue weighted by Gasteiger charge is -2.06. The van der Waals surface area contributed by atoms with E-state index in [0.29, 0.717) is 18.4 Å². The molecule has 0 aliphatic carbocycles. The van der Waals surface area contributed by atoms with Gasteiger partial charge in [-0.25, -0.2) is 0 Å². The van der Waals surface area contributed by atoms with Gasteiger partial charge in [0.25, 0.3) is 10.1 Å². The molecule has 4 nitrogen and oxygen atoms in total. The molecule has 0 heterocycles. The summed E-state index contributed by atoms with van der Waals surface area (Å²) in [5, 5.41) is 8.72. The predicted molar refractivity (Wildman–Crippen MR) is 83.8 cm³/mol. The first-order valence-corrected chi connectivity index (χ1v) is 8.37. The molecule has 5 heteroatoms. The van der Waals surface area contributed by atoms with E-state index in [1.165, 1.54) is 0 Å². The third-order valence-electron chi connectivity index (χ3n) is 3.24. The fourth-order valence-electron chi connectivity index (χ4n) is 1.96. The molecule has 22 heavy (non-hydrogen) atoms. The van der Waals surface area contributed by atoms with Crippen molar-refractivity contribution >= 4 is 10.1 Å². The maximum atomic E-state index is 12.0. The molecule has 2 aromatic carbocycles. The maximum Gasteiger partial charge on any atom is 0.296 e. The summed E-state index contributed by atoms with van der Waals surface area (Å²) in [5.41, 5.74) is 2.66. The molecule has 0 amide bonds. The van der Waals surface area contributed by atoms with Crippen LogP contribution in [0.3, 0.4) is 0 Å². The maximum absolute atomic E-state index is 12.0. The average Bonchev–Trinajstić information content (AvgIpc) is 2.52. The normalized spacial score (nSPS) is 11.1. The van der Waals surface area contributed by atoms with Crippen LogP contribution in [0, 0.1) is 18.3 Å². The molecule has 2 rings (SSSR count). The molecule has 0 saturated heterocycles. The van der Waals surface area contributed by atoms with Crippen molar-refractivity contribution in [2.45, 2.75) is 24.7 Å². The summed E-state index contributed by atoms with van der Waals surface area (Å²) >= 11 is 0. The lowest BCUT2D eigenvalue weighted by atomic mass is 10.1. The molecule has 114 valence electrons. The van der Waals surface area contributed by atoms with Crippen LogP contribution in [0.2, 0.25) is 0 Å². The van der Waals surface area contributed by atoms with Crippen LogP contribution in [-0.4, -0.2) is 15.0 Å². The van der Waals surface area contributed by atoms with Crippen LogP contribution in [0.25, 0.3) is 0 Å². The highest BCUT2D eigenvalue weighted by molar-refractivity contribution is 7.86. The quantitative estimate of drug-likeness (QED) is 0.606. The first kappa shape index (κ1) is 16.2. The van der Waals surface area contributed by atoms with Gasteiger partial charge >= 0.3 is 0 Å². The molecule has 0 saturated carbocycles. The van der Waals surface area contributed by atoms with Crippen LogP contribution < -0.4 is 0 Å². The summed E-state index contributed by atoms with van der Waals surface area (Å²) < 4.78 is 29.0. The molecule has 0 unspecified atom stereocenters. The fourth-order valence-corrected chi connectivity index (χ4v) is 2.91. The fraction of sp³-hybridized carbons (Fsp3) is 0.235. The van der Waals surface area contributed by atoms with E-state index in [2.05, 4.69) is 6.07 Å². The summed E-state index contributed by atoms with van der Waals surface area (Å²) in [6.07, 6.45) is 1.30. The number of nitriles is 1. The monoisotopic (exact) mass is 315 g/mol. The minimum Gasteiger partial charge on any atom is -0.266 e. The van der Waals surface area contributed by atoms with E-state index < -0.39 is 10.1 Å². The van der Waals surface area contributed by atoms with Gasteiger partial charge in [-0.05, 0) is 49.6 Å². The highest BCUT2D eigenvalue weighted by Crippen LogP contribution is 2.14. The summed E-state index contributed by atoms with van der Waals surface area (Å²) in [7, 11) is -3.69. The summed E-state index contributed by atoms with van der Waals surface area (Å²) in [6, 6.07) is 15.9. The van der Waals surface area contributed by atoms with Gasteiger partial charge in [0.15, 0.2) is 0 Å². The first-order chi connectivity index (χ1) is 10.5. The van der Waals surface area contributed by atoms with Crippen LogP contribution in [-0.2, 0) is 20.7 Å². The SMILES string of the molecule is Cc1ccc(S(=O)(=O)OCCCc2ccc(C#N)cc2)cc1. The zero-order chi connectivity index (χ0) is 16.0. The van der Waals surface area contributed by atoms with Crippen LogP contribution in [0.5, 0.6) is 0 Å². The van der Waals surface area contributed by atoms with E-state index in [1.54, 1.807) is 36.4 Å². The van der Waals surface area contributed by atoms with Crippen molar-refractivity contribution in [2.75, 3.05) is 6.61 Å². The number of aryl methyl sites for hydroxylation is 2. The van der Waals surface area contributed by atoms with E-state index in [0.717, 1.165) is 11.1 Å². The Hall–Kier alpha value is -2.16. The van der Waals surface area contributed by atoms with Gasteiger partial charge in [0.05, 0.1) is 23.1 Å². The van der Waals surface area contributed by atoms with E-state index >= 15 is 0 Å². The predicted octanol–water partition coefficient (Wildman–Crippen LogP) is 3.20. The molecule has 0 atom stereocenters. The van der Waals surface area contributed by atoms with E-state index in [-0.39, 0.29) is 11.5 Å². The van der Waals surface area contributed by atoms with Crippen molar-refractivity contribution in [1.29, 1.82) is 5.26 Å². The second kappa shape index (κ2) is 7.21. The number of benzene rings is 2. The van der Waals surface area contributed by atoms with Crippen molar-refractivity contribution in [1.82, 2.24) is 0 Å². The van der Waals surface area contributed by atoms with Gasteiger partial charge in [-0.3, -0.25) is 4.18 Å². The lowest BCUT2D eigenvalue weighted by Crippen LogP contribution is -2.08. The molecule has 0 bridgehead atoms. The Morgan fingerprint density at radius 3 is 2.27 bits per heavy atom. The lowest BCUT2D eigenvalue weighted by molar-refractivity contribution is 0.312. The Balaban J connectivity index is 1.85. The van der Waals surface area contributed by atoms with Gasteiger partial charge in [-0.2, -0.15) is 13.7 Å². The molecule has 0 aliphatic rings. The third-order valence-corrected chi connectivity index (χ3v) is 4.57. The van der Waals surface area contributed by atoms with Crippen LogP contribution in [0.1, 0.15) is 23.1 Å². The van der Waals surface area contributed by atoms with E-state index in [9.17, 15) is 8.42 Å². The molecule has 0 aromatic heterocycles. The zero-order valence-corrected chi connectivity index (χ0v) is 13.1. The Labute approximate surface area is 131 Å². The third kappa shape index (κ3) is 4.42. The van der Waals surface area contributed by atoms with Crippen molar-refractivity contribution in [2.24, 2.45) is 0 Å². The Kier molecular flexibility index (Phi) is 5.31. The highest BCUT2D eigenvalue weighted by Gasteiger charge is 2.14. The molecular formula is C17H17NO3S. The Morgan fingerprint density at radius 2 is 1.68 bits per heavy atom. The second-order valence-electron chi connectivity index (χ2n) is 5.00. The molecule has 0 spiro atoms. The van der Waals surface area contributed by atoms with Crippen LogP contribution in [0.15, 0.2) is 53.4 Å². The van der Waals surface area contributed by atoms with E-state index in [1.807, 2.05) is 19.1 Å². The highest BCUT2D eigenvalue weighted by atomic mass is 32.2. The molecule has 0 N–H and O–H groups in total. The minimum atomic E-state index is -3.69. The van der Waals surface area contributed by atoms with E-state index in [4.69, 9.17) is 9.44 Å². The minimum absolute atomic E-state index is 0.135. The Morgan fingerprint density at radius 1 is 1.05 bits per heavy atom. The molecular weight excluding hydrogens is 298 g/mol. The number of hydrogen-bond donors (Lipinski definition) is 0. The van der Waals surface area contributed by atoms with Crippen LogP contribution in [0.4, 0.5) is 0 Å². The van der Waals surface area contributed by atoms with Gasteiger partial charge in [-0.1, -0.05) is 29.8 Å². The van der Waals surface area contributed by atoms with Crippen molar-refractivity contribution in [3.8, 4) is 6.07 Å². The molecule has 0 fully saturated rings. The van der Waals surface area contributed by atoms with Gasteiger partial charge in [0.1, 0.15) is 0 Å². The number of rotatable bonds is 6. The largest absolute Gasteiger partial charge is 0.296 e. The summed E-state index contributed by atoms with van der Waals surface area (Å²) in [5.74, 6) is 0. The second-order valence-corrected chi connectivity index (χ2v) is 6.62. The van der Waals surface area contributed by atoms with Crippen molar-refractivity contribution in [3.63, 3.8) is 0 Å². The topological polar surface area (TPSA) is 67.2 Å². The van der Waals surface area contributed by atoms with Gasteiger partial charge < -0.3 is 0 Å². The van der Waals surface area contributed by atoms with Crippen molar-refractivity contribution in [3.05, 3.63) is 65.2 Å². The molecule has 0 radical (unpaired) electrons. The Bertz CT molecular complexity index is 757. The van der Waals surface area contributed by atoms with Crippen molar-refractivity contribution < 1.29 is 12.6 Å². The smallest absolute Gasteiger partial charge is 0.266 e. The number of nitrogens with zero attached hydrogens (tertiary/aromatic N) is 1. The summed E-state index contributed by atoms with van der Waals surface area (Å²) in [6.45, 7) is 2.03.